The summed E-state index contributed by atoms with van der Waals surface area (Å²) >= 11 is 0. The SMILES string of the molecule is C#Cc1ccc(Nc2c(C(=O)OCC3CC3)cc3[nH]c(C(N)=O)nc3c2F)c(C)c1. The Morgan fingerprint density at radius 3 is 2.80 bits per heavy atom. The molecule has 0 atom stereocenters. The lowest BCUT2D eigenvalue weighted by Gasteiger charge is -2.15. The largest absolute Gasteiger partial charge is 0.462 e. The van der Waals surface area contributed by atoms with Gasteiger partial charge in [0, 0.05) is 11.3 Å². The van der Waals surface area contributed by atoms with Crippen molar-refractivity contribution in [3.05, 3.63) is 52.6 Å². The molecule has 0 unspecified atom stereocenters. The molecule has 8 heteroatoms. The Hall–Kier alpha value is -3.86. The van der Waals surface area contributed by atoms with Crippen LogP contribution in [0.4, 0.5) is 15.8 Å². The maximum atomic E-state index is 15.4. The van der Waals surface area contributed by atoms with E-state index in [4.69, 9.17) is 16.9 Å². The molecule has 1 amide bonds. The number of nitrogens with two attached hydrogens (primary N) is 1. The minimum Gasteiger partial charge on any atom is -0.462 e. The molecule has 1 aliphatic rings. The average Bonchev–Trinajstić information content (AvgIpc) is 3.45. The summed E-state index contributed by atoms with van der Waals surface area (Å²) in [5.41, 5.74) is 7.21. The Kier molecular flexibility index (Phi) is 4.88. The number of ether oxygens (including phenoxy) is 1. The van der Waals surface area contributed by atoms with E-state index in [1.54, 1.807) is 18.2 Å². The standard InChI is InChI=1S/C22H19FN4O3/c1-3-12-6-7-15(11(2)8-12)25-18-14(22(29)30-10-13-4-5-13)9-16-19(17(18)23)27-21(26-16)20(24)28/h1,6-9,13,25H,4-5,10H2,2H3,(H2,24,28)(H,26,27). The number of esters is 1. The maximum absolute atomic E-state index is 15.4. The highest BCUT2D eigenvalue weighted by Crippen LogP contribution is 2.33. The zero-order valence-electron chi connectivity index (χ0n) is 16.2. The van der Waals surface area contributed by atoms with Crippen LogP contribution in [0.3, 0.4) is 0 Å². The van der Waals surface area contributed by atoms with Gasteiger partial charge in [-0.25, -0.2) is 14.2 Å². The van der Waals surface area contributed by atoms with Crippen molar-refractivity contribution in [3.63, 3.8) is 0 Å². The van der Waals surface area contributed by atoms with Crippen LogP contribution in [0, 0.1) is 31.0 Å². The van der Waals surface area contributed by atoms with E-state index in [2.05, 4.69) is 21.2 Å². The average molecular weight is 406 g/mol. The summed E-state index contributed by atoms with van der Waals surface area (Å²) in [4.78, 5) is 30.7. The fraction of sp³-hybridized carbons (Fsp3) is 0.227. The van der Waals surface area contributed by atoms with Crippen molar-refractivity contribution in [3.8, 4) is 12.3 Å². The molecule has 3 aromatic rings. The van der Waals surface area contributed by atoms with Crippen molar-refractivity contribution in [1.29, 1.82) is 0 Å². The van der Waals surface area contributed by atoms with Crippen LogP contribution in [-0.2, 0) is 4.74 Å². The van der Waals surface area contributed by atoms with Gasteiger partial charge in [0.2, 0.25) is 0 Å². The van der Waals surface area contributed by atoms with Gasteiger partial charge in [-0.15, -0.1) is 6.42 Å². The van der Waals surface area contributed by atoms with E-state index in [1.807, 2.05) is 6.92 Å². The number of carbonyl (C=O) groups excluding carboxylic acids is 2. The molecule has 4 rings (SSSR count). The fourth-order valence-electron chi connectivity index (χ4n) is 3.10. The molecule has 1 saturated carbocycles. The summed E-state index contributed by atoms with van der Waals surface area (Å²) in [5.74, 6) is 0.390. The second kappa shape index (κ2) is 7.52. The number of hydrogen-bond donors (Lipinski definition) is 3. The van der Waals surface area contributed by atoms with Gasteiger partial charge in [-0.1, -0.05) is 5.92 Å². The van der Waals surface area contributed by atoms with E-state index in [9.17, 15) is 9.59 Å². The summed E-state index contributed by atoms with van der Waals surface area (Å²) in [7, 11) is 0. The first-order chi connectivity index (χ1) is 14.4. The second-order valence-electron chi connectivity index (χ2n) is 7.30. The molecular formula is C22H19FN4O3. The Labute approximate surface area is 171 Å². The molecule has 0 spiro atoms. The topological polar surface area (TPSA) is 110 Å². The Morgan fingerprint density at radius 2 is 2.17 bits per heavy atom. The van der Waals surface area contributed by atoms with Gasteiger partial charge in [-0.2, -0.15) is 0 Å². The molecule has 1 fully saturated rings. The minimum atomic E-state index is -0.835. The van der Waals surface area contributed by atoms with E-state index >= 15 is 4.39 Å². The molecule has 2 aromatic carbocycles. The predicted molar refractivity (Wildman–Crippen MR) is 110 cm³/mol. The molecule has 1 aliphatic carbocycles. The zero-order chi connectivity index (χ0) is 21.4. The third kappa shape index (κ3) is 3.70. The Bertz CT molecular complexity index is 1220. The maximum Gasteiger partial charge on any atom is 0.340 e. The molecule has 152 valence electrons. The van der Waals surface area contributed by atoms with Crippen molar-refractivity contribution in [1.82, 2.24) is 9.97 Å². The monoisotopic (exact) mass is 406 g/mol. The van der Waals surface area contributed by atoms with Gasteiger partial charge < -0.3 is 20.8 Å². The highest BCUT2D eigenvalue weighted by molar-refractivity contribution is 6.03. The van der Waals surface area contributed by atoms with E-state index in [0.29, 0.717) is 17.2 Å². The lowest BCUT2D eigenvalue weighted by molar-refractivity contribution is 0.0487. The number of amides is 1. The summed E-state index contributed by atoms with van der Waals surface area (Å²) in [6.45, 7) is 2.09. The number of nitrogens with one attached hydrogen (secondary N) is 2. The number of hydrogen-bond acceptors (Lipinski definition) is 5. The lowest BCUT2D eigenvalue weighted by Crippen LogP contribution is -2.12. The van der Waals surface area contributed by atoms with Gasteiger partial charge in [0.15, 0.2) is 11.6 Å². The normalized spacial score (nSPS) is 13.1. The number of primary amides is 1. The van der Waals surface area contributed by atoms with Crippen LogP contribution >= 0.6 is 0 Å². The number of aromatic amines is 1. The summed E-state index contributed by atoms with van der Waals surface area (Å²) < 4.78 is 20.8. The van der Waals surface area contributed by atoms with Gasteiger partial charge in [0.25, 0.3) is 5.91 Å². The first kappa shape index (κ1) is 19.5. The Morgan fingerprint density at radius 1 is 1.40 bits per heavy atom. The smallest absolute Gasteiger partial charge is 0.340 e. The molecule has 4 N–H and O–H groups in total. The lowest BCUT2D eigenvalue weighted by atomic mass is 10.1. The fourth-order valence-corrected chi connectivity index (χ4v) is 3.10. The molecule has 0 bridgehead atoms. The van der Waals surface area contributed by atoms with Crippen LogP contribution in [0.2, 0.25) is 0 Å². The van der Waals surface area contributed by atoms with Crippen molar-refractivity contribution < 1.29 is 18.7 Å². The Balaban J connectivity index is 1.80. The summed E-state index contributed by atoms with van der Waals surface area (Å²) in [5, 5.41) is 2.96. The van der Waals surface area contributed by atoms with Gasteiger partial charge in [0.05, 0.1) is 23.4 Å². The van der Waals surface area contributed by atoms with Gasteiger partial charge in [-0.05, 0) is 55.5 Å². The number of carbonyl (C=O) groups is 2. The summed E-state index contributed by atoms with van der Waals surface area (Å²) in [6.07, 6.45) is 7.44. The third-order valence-corrected chi connectivity index (χ3v) is 4.97. The highest BCUT2D eigenvalue weighted by atomic mass is 19.1. The molecule has 1 aromatic heterocycles. The minimum absolute atomic E-state index is 0.0132. The van der Waals surface area contributed by atoms with Crippen LogP contribution in [0.15, 0.2) is 24.3 Å². The molecule has 30 heavy (non-hydrogen) atoms. The first-order valence-corrected chi connectivity index (χ1v) is 9.40. The van der Waals surface area contributed by atoms with E-state index in [-0.39, 0.29) is 34.7 Å². The number of terminal acetylenes is 1. The number of nitrogens with zero attached hydrogens (tertiary/aromatic N) is 1. The zero-order valence-corrected chi connectivity index (χ0v) is 16.2. The number of benzene rings is 2. The van der Waals surface area contributed by atoms with Crippen LogP contribution < -0.4 is 11.1 Å². The molecule has 0 radical (unpaired) electrons. The number of aromatic nitrogens is 2. The molecule has 0 saturated heterocycles. The number of imidazole rings is 1. The van der Waals surface area contributed by atoms with E-state index < -0.39 is 17.7 Å². The molecule has 0 aliphatic heterocycles. The number of H-pyrrole nitrogens is 1. The second-order valence-corrected chi connectivity index (χ2v) is 7.30. The van der Waals surface area contributed by atoms with E-state index in [1.165, 1.54) is 6.07 Å². The number of rotatable bonds is 6. The highest BCUT2D eigenvalue weighted by Gasteiger charge is 2.27. The number of halogens is 1. The third-order valence-electron chi connectivity index (χ3n) is 4.97. The molecular weight excluding hydrogens is 387 g/mol. The van der Waals surface area contributed by atoms with E-state index in [0.717, 1.165) is 18.4 Å². The van der Waals surface area contributed by atoms with Gasteiger partial charge in [0.1, 0.15) is 5.52 Å². The number of aryl methyl sites for hydroxylation is 1. The van der Waals surface area contributed by atoms with Crippen LogP contribution in [0.25, 0.3) is 11.0 Å². The van der Waals surface area contributed by atoms with Crippen molar-refractivity contribution in [2.75, 3.05) is 11.9 Å². The number of fused-ring (bicyclic) bond motifs is 1. The number of anilines is 2. The first-order valence-electron chi connectivity index (χ1n) is 9.40. The van der Waals surface area contributed by atoms with Gasteiger partial charge in [-0.3, -0.25) is 4.79 Å². The molecule has 1 heterocycles. The van der Waals surface area contributed by atoms with Crippen LogP contribution in [0.1, 0.15) is 44.9 Å². The van der Waals surface area contributed by atoms with Crippen molar-refractivity contribution in [2.45, 2.75) is 19.8 Å². The van der Waals surface area contributed by atoms with Crippen LogP contribution in [-0.4, -0.2) is 28.5 Å². The molecule has 7 nitrogen and oxygen atoms in total. The van der Waals surface area contributed by atoms with Crippen LogP contribution in [0.5, 0.6) is 0 Å². The van der Waals surface area contributed by atoms with Crippen molar-refractivity contribution >= 4 is 34.3 Å². The van der Waals surface area contributed by atoms with Crippen molar-refractivity contribution in [2.24, 2.45) is 11.7 Å². The predicted octanol–water partition coefficient (Wildman–Crippen LogP) is 3.40. The quantitative estimate of drug-likeness (QED) is 0.429. The van der Waals surface area contributed by atoms with Gasteiger partial charge >= 0.3 is 5.97 Å². The summed E-state index contributed by atoms with van der Waals surface area (Å²) in [6, 6.07) is 6.58.